The quantitative estimate of drug-likeness (QED) is 0.622. The molecule has 3 heteroatoms. The summed E-state index contributed by atoms with van der Waals surface area (Å²) < 4.78 is 0. The van der Waals surface area contributed by atoms with E-state index in [9.17, 15) is 4.79 Å². The number of carbonyl (C=O) groups is 1. The van der Waals surface area contributed by atoms with Gasteiger partial charge in [0.15, 0.2) is 5.78 Å². The van der Waals surface area contributed by atoms with Gasteiger partial charge >= 0.3 is 0 Å². The molecule has 1 aromatic carbocycles. The van der Waals surface area contributed by atoms with E-state index < -0.39 is 0 Å². The SMILES string of the molecule is N#CCC(=O)c1ccc(C=CCS)cc1. The third-order valence-corrected chi connectivity index (χ3v) is 2.10. The number of Topliss-reactive ketones (excluding diaryl/α,β-unsaturated/α-hetero) is 1. The van der Waals surface area contributed by atoms with Crippen molar-refractivity contribution in [3.63, 3.8) is 0 Å². The summed E-state index contributed by atoms with van der Waals surface area (Å²) in [5.41, 5.74) is 1.61. The monoisotopic (exact) mass is 217 g/mol. The Morgan fingerprint density at radius 3 is 2.60 bits per heavy atom. The second kappa shape index (κ2) is 6.05. The predicted octanol–water partition coefficient (Wildman–Crippen LogP) is 2.73. The van der Waals surface area contributed by atoms with Gasteiger partial charge in [-0.05, 0) is 5.56 Å². The van der Waals surface area contributed by atoms with Gasteiger partial charge in [-0.3, -0.25) is 4.79 Å². The lowest BCUT2D eigenvalue weighted by molar-refractivity contribution is 0.0998. The minimum Gasteiger partial charge on any atom is -0.293 e. The highest BCUT2D eigenvalue weighted by molar-refractivity contribution is 7.80. The number of benzene rings is 1. The summed E-state index contributed by atoms with van der Waals surface area (Å²) in [5.74, 6) is 0.553. The first-order chi connectivity index (χ1) is 7.27. The van der Waals surface area contributed by atoms with Crippen LogP contribution in [0.4, 0.5) is 0 Å². The number of nitrogens with zero attached hydrogens (tertiary/aromatic N) is 1. The largest absolute Gasteiger partial charge is 0.293 e. The number of hydrogen-bond acceptors (Lipinski definition) is 3. The molecule has 0 bridgehead atoms. The van der Waals surface area contributed by atoms with Crippen LogP contribution >= 0.6 is 12.6 Å². The van der Waals surface area contributed by atoms with Gasteiger partial charge in [0.2, 0.25) is 0 Å². The number of nitriles is 1. The number of ketones is 1. The lowest BCUT2D eigenvalue weighted by Gasteiger charge is -1.97. The van der Waals surface area contributed by atoms with Gasteiger partial charge in [0, 0.05) is 11.3 Å². The third-order valence-electron chi connectivity index (χ3n) is 1.89. The molecule has 0 aliphatic heterocycles. The van der Waals surface area contributed by atoms with Crippen molar-refractivity contribution in [1.82, 2.24) is 0 Å². The molecule has 76 valence electrons. The maximum atomic E-state index is 11.3. The Morgan fingerprint density at radius 1 is 1.40 bits per heavy atom. The predicted molar refractivity (Wildman–Crippen MR) is 63.9 cm³/mol. The highest BCUT2D eigenvalue weighted by Crippen LogP contribution is 2.08. The molecule has 0 radical (unpaired) electrons. The van der Waals surface area contributed by atoms with E-state index >= 15 is 0 Å². The van der Waals surface area contributed by atoms with E-state index in [1.54, 1.807) is 12.1 Å². The normalized spacial score (nSPS) is 10.1. The second-order valence-electron chi connectivity index (χ2n) is 2.97. The molecule has 0 heterocycles. The van der Waals surface area contributed by atoms with Crippen LogP contribution in [0.2, 0.25) is 0 Å². The van der Waals surface area contributed by atoms with Crippen molar-refractivity contribution in [3.8, 4) is 6.07 Å². The van der Waals surface area contributed by atoms with Gasteiger partial charge in [0.05, 0.1) is 12.5 Å². The van der Waals surface area contributed by atoms with Crippen LogP contribution in [0.15, 0.2) is 30.3 Å². The number of rotatable bonds is 4. The van der Waals surface area contributed by atoms with E-state index in [0.29, 0.717) is 11.3 Å². The molecule has 0 fully saturated rings. The molecule has 0 aliphatic carbocycles. The lowest BCUT2D eigenvalue weighted by atomic mass is 10.1. The molecular formula is C12H11NOS. The van der Waals surface area contributed by atoms with Crippen LogP contribution in [0.25, 0.3) is 6.08 Å². The molecule has 0 saturated carbocycles. The summed E-state index contributed by atoms with van der Waals surface area (Å²) in [6.07, 6.45) is 3.80. The van der Waals surface area contributed by atoms with Crippen LogP contribution < -0.4 is 0 Å². The fourth-order valence-electron chi connectivity index (χ4n) is 1.14. The summed E-state index contributed by atoms with van der Waals surface area (Å²) in [4.78, 5) is 11.3. The van der Waals surface area contributed by atoms with Gasteiger partial charge in [-0.15, -0.1) is 0 Å². The van der Waals surface area contributed by atoms with Crippen LogP contribution in [-0.4, -0.2) is 11.5 Å². The van der Waals surface area contributed by atoms with Crippen molar-refractivity contribution in [3.05, 3.63) is 41.5 Å². The van der Waals surface area contributed by atoms with E-state index in [4.69, 9.17) is 5.26 Å². The first-order valence-electron chi connectivity index (χ1n) is 4.55. The van der Waals surface area contributed by atoms with Crippen molar-refractivity contribution >= 4 is 24.5 Å². The maximum Gasteiger partial charge on any atom is 0.176 e. The van der Waals surface area contributed by atoms with E-state index in [-0.39, 0.29) is 12.2 Å². The Hall–Kier alpha value is -1.53. The smallest absolute Gasteiger partial charge is 0.176 e. The third kappa shape index (κ3) is 3.61. The van der Waals surface area contributed by atoms with Crippen molar-refractivity contribution in [1.29, 1.82) is 5.26 Å². The molecule has 2 nitrogen and oxygen atoms in total. The van der Waals surface area contributed by atoms with E-state index in [0.717, 1.165) is 5.56 Å². The zero-order valence-electron chi connectivity index (χ0n) is 8.18. The zero-order chi connectivity index (χ0) is 11.1. The first-order valence-corrected chi connectivity index (χ1v) is 5.19. The summed E-state index contributed by atoms with van der Waals surface area (Å²) >= 11 is 4.05. The van der Waals surface area contributed by atoms with Crippen molar-refractivity contribution < 1.29 is 4.79 Å². The van der Waals surface area contributed by atoms with Crippen LogP contribution in [0.3, 0.4) is 0 Å². The molecule has 1 aromatic rings. The molecule has 15 heavy (non-hydrogen) atoms. The van der Waals surface area contributed by atoms with Gasteiger partial charge in [-0.1, -0.05) is 36.4 Å². The molecule has 0 spiro atoms. The molecule has 0 atom stereocenters. The molecular weight excluding hydrogens is 206 g/mol. The van der Waals surface area contributed by atoms with Crippen LogP contribution in [0.5, 0.6) is 0 Å². The minimum atomic E-state index is -0.137. The summed E-state index contributed by atoms with van der Waals surface area (Å²) in [6.45, 7) is 0. The maximum absolute atomic E-state index is 11.3. The van der Waals surface area contributed by atoms with Crippen LogP contribution in [-0.2, 0) is 0 Å². The summed E-state index contributed by atoms with van der Waals surface area (Å²) in [7, 11) is 0. The summed E-state index contributed by atoms with van der Waals surface area (Å²) in [5, 5.41) is 8.38. The standard InChI is InChI=1S/C12H11NOS/c13-8-7-12(14)11-5-3-10(4-6-11)2-1-9-15/h1-6,15H,7,9H2. The topological polar surface area (TPSA) is 40.9 Å². The van der Waals surface area contributed by atoms with Gasteiger partial charge in [0.25, 0.3) is 0 Å². The zero-order valence-corrected chi connectivity index (χ0v) is 9.08. The van der Waals surface area contributed by atoms with Crippen LogP contribution in [0.1, 0.15) is 22.3 Å². The fourth-order valence-corrected chi connectivity index (χ4v) is 1.25. The van der Waals surface area contributed by atoms with Crippen molar-refractivity contribution in [2.24, 2.45) is 0 Å². The fraction of sp³-hybridized carbons (Fsp3) is 0.167. The number of hydrogen-bond donors (Lipinski definition) is 1. The average molecular weight is 217 g/mol. The molecule has 0 amide bonds. The van der Waals surface area contributed by atoms with Crippen molar-refractivity contribution in [2.45, 2.75) is 6.42 Å². The molecule has 0 aliphatic rings. The first kappa shape index (κ1) is 11.5. The minimum absolute atomic E-state index is 0.0637. The Labute approximate surface area is 94.6 Å². The van der Waals surface area contributed by atoms with E-state index in [1.807, 2.05) is 30.4 Å². The van der Waals surface area contributed by atoms with E-state index in [1.165, 1.54) is 0 Å². The Kier molecular flexibility index (Phi) is 4.65. The van der Waals surface area contributed by atoms with Gasteiger partial charge in [-0.25, -0.2) is 0 Å². The molecule has 1 rings (SSSR count). The van der Waals surface area contributed by atoms with Crippen molar-refractivity contribution in [2.75, 3.05) is 5.75 Å². The Morgan fingerprint density at radius 2 is 2.07 bits per heavy atom. The van der Waals surface area contributed by atoms with Gasteiger partial charge in [0.1, 0.15) is 0 Å². The van der Waals surface area contributed by atoms with Gasteiger partial charge in [-0.2, -0.15) is 17.9 Å². The molecule has 0 unspecified atom stereocenters. The lowest BCUT2D eigenvalue weighted by Crippen LogP contribution is -1.96. The number of thiol groups is 1. The summed E-state index contributed by atoms with van der Waals surface area (Å²) in [6, 6.07) is 9.01. The Bertz CT molecular complexity index is 401. The number of carbonyl (C=O) groups excluding carboxylic acids is 1. The highest BCUT2D eigenvalue weighted by atomic mass is 32.1. The second-order valence-corrected chi connectivity index (χ2v) is 3.33. The van der Waals surface area contributed by atoms with E-state index in [2.05, 4.69) is 12.6 Å². The molecule has 0 aromatic heterocycles. The average Bonchev–Trinajstić information content (AvgIpc) is 2.27. The highest BCUT2D eigenvalue weighted by Gasteiger charge is 2.03. The molecule has 0 N–H and O–H groups in total. The Balaban J connectivity index is 2.77. The molecule has 0 saturated heterocycles. The van der Waals surface area contributed by atoms with Crippen LogP contribution in [0, 0.1) is 11.3 Å². The van der Waals surface area contributed by atoms with Gasteiger partial charge < -0.3 is 0 Å².